The maximum atomic E-state index is 4.10. The van der Waals surface area contributed by atoms with Crippen LogP contribution < -0.4 is 5.32 Å². The van der Waals surface area contributed by atoms with Crippen molar-refractivity contribution in [1.82, 2.24) is 4.98 Å². The molecular formula is C12H18N2. The van der Waals surface area contributed by atoms with Crippen LogP contribution in [0.3, 0.4) is 0 Å². The molecule has 0 aliphatic rings. The van der Waals surface area contributed by atoms with Crippen LogP contribution in [0.2, 0.25) is 0 Å². The van der Waals surface area contributed by atoms with Crippen molar-refractivity contribution in [1.29, 1.82) is 0 Å². The van der Waals surface area contributed by atoms with E-state index in [4.69, 9.17) is 0 Å². The van der Waals surface area contributed by atoms with Gasteiger partial charge < -0.3 is 5.32 Å². The van der Waals surface area contributed by atoms with Crippen LogP contribution in [0.15, 0.2) is 24.5 Å². The second-order valence-electron chi connectivity index (χ2n) is 3.74. The monoisotopic (exact) mass is 190 g/mol. The van der Waals surface area contributed by atoms with E-state index in [0.717, 1.165) is 17.7 Å². The van der Waals surface area contributed by atoms with Crippen molar-refractivity contribution in [2.24, 2.45) is 5.92 Å². The fourth-order valence-electron chi connectivity index (χ4n) is 1.23. The Kier molecular flexibility index (Phi) is 4.17. The number of nitrogens with zero attached hydrogens (tertiary/aromatic N) is 1. The molecule has 0 atom stereocenters. The zero-order valence-electron chi connectivity index (χ0n) is 9.12. The summed E-state index contributed by atoms with van der Waals surface area (Å²) < 4.78 is 0. The summed E-state index contributed by atoms with van der Waals surface area (Å²) >= 11 is 0. The van der Waals surface area contributed by atoms with Crippen molar-refractivity contribution in [3.8, 4) is 0 Å². The summed E-state index contributed by atoms with van der Waals surface area (Å²) in [6.07, 6.45) is 9.10. The van der Waals surface area contributed by atoms with Gasteiger partial charge in [0.25, 0.3) is 0 Å². The Labute approximate surface area is 86.1 Å². The summed E-state index contributed by atoms with van der Waals surface area (Å²) in [6, 6.07) is 1.98. The zero-order chi connectivity index (χ0) is 10.4. The standard InChI is InChI=1S/C12H18N2/c1-10(2)5-4-6-11-9-14-8-7-12(11)13-3/h4,6-10H,5H2,1-3H3,(H,13,14)/b6-4-. The Morgan fingerprint density at radius 1 is 1.50 bits per heavy atom. The van der Waals surface area contributed by atoms with Gasteiger partial charge in [0.05, 0.1) is 0 Å². The first-order chi connectivity index (χ1) is 6.74. The number of rotatable bonds is 4. The molecule has 2 nitrogen and oxygen atoms in total. The molecule has 0 unspecified atom stereocenters. The first kappa shape index (κ1) is 10.8. The maximum absolute atomic E-state index is 4.10. The van der Waals surface area contributed by atoms with Crippen molar-refractivity contribution >= 4 is 11.8 Å². The minimum Gasteiger partial charge on any atom is -0.388 e. The Morgan fingerprint density at radius 2 is 2.29 bits per heavy atom. The Balaban J connectivity index is 2.70. The van der Waals surface area contributed by atoms with Crippen molar-refractivity contribution in [3.05, 3.63) is 30.1 Å². The molecule has 0 saturated heterocycles. The average molecular weight is 190 g/mol. The smallest absolute Gasteiger partial charge is 0.0442 e. The van der Waals surface area contributed by atoms with E-state index in [1.165, 1.54) is 0 Å². The number of nitrogens with one attached hydrogen (secondary N) is 1. The fourth-order valence-corrected chi connectivity index (χ4v) is 1.23. The molecule has 1 aromatic heterocycles. The second kappa shape index (κ2) is 5.43. The largest absolute Gasteiger partial charge is 0.388 e. The average Bonchev–Trinajstić information content (AvgIpc) is 2.18. The summed E-state index contributed by atoms with van der Waals surface area (Å²) in [6.45, 7) is 4.43. The highest BCUT2D eigenvalue weighted by Gasteiger charge is 1.95. The number of allylic oxidation sites excluding steroid dienone is 1. The van der Waals surface area contributed by atoms with Crippen molar-refractivity contribution < 1.29 is 0 Å². The molecule has 2 heteroatoms. The number of hydrogen-bond donors (Lipinski definition) is 1. The third-order valence-corrected chi connectivity index (χ3v) is 2.03. The lowest BCUT2D eigenvalue weighted by Crippen LogP contribution is -1.91. The summed E-state index contributed by atoms with van der Waals surface area (Å²) in [7, 11) is 1.93. The minimum absolute atomic E-state index is 0.709. The van der Waals surface area contributed by atoms with Gasteiger partial charge in [0.2, 0.25) is 0 Å². The lowest BCUT2D eigenvalue weighted by atomic mass is 10.1. The third kappa shape index (κ3) is 3.21. The summed E-state index contributed by atoms with van der Waals surface area (Å²) in [5.74, 6) is 0.709. The topological polar surface area (TPSA) is 24.9 Å². The van der Waals surface area contributed by atoms with Crippen LogP contribution in [-0.2, 0) is 0 Å². The molecule has 0 aliphatic carbocycles. The maximum Gasteiger partial charge on any atom is 0.0442 e. The van der Waals surface area contributed by atoms with Crippen LogP contribution in [0.5, 0.6) is 0 Å². The number of hydrogen-bond acceptors (Lipinski definition) is 2. The van der Waals surface area contributed by atoms with Gasteiger partial charge in [-0.2, -0.15) is 0 Å². The number of anilines is 1. The van der Waals surface area contributed by atoms with E-state index in [1.807, 2.05) is 19.3 Å². The van der Waals surface area contributed by atoms with E-state index in [0.29, 0.717) is 5.92 Å². The van der Waals surface area contributed by atoms with Crippen LogP contribution in [0.1, 0.15) is 25.8 Å². The molecule has 0 spiro atoms. The molecule has 1 heterocycles. The molecule has 0 aliphatic heterocycles. The highest BCUT2D eigenvalue weighted by atomic mass is 14.8. The summed E-state index contributed by atoms with van der Waals surface area (Å²) in [5.41, 5.74) is 2.27. The van der Waals surface area contributed by atoms with Gasteiger partial charge in [0.1, 0.15) is 0 Å². The van der Waals surface area contributed by atoms with Crippen LogP contribution in [0, 0.1) is 5.92 Å². The molecule has 0 fully saturated rings. The van der Waals surface area contributed by atoms with E-state index >= 15 is 0 Å². The lowest BCUT2D eigenvalue weighted by Gasteiger charge is -2.03. The molecule has 14 heavy (non-hydrogen) atoms. The van der Waals surface area contributed by atoms with Gasteiger partial charge in [-0.05, 0) is 18.4 Å². The Bertz CT molecular complexity index is 303. The SMILES string of the molecule is CNc1ccncc1/C=C\CC(C)C. The van der Waals surface area contributed by atoms with Crippen LogP contribution >= 0.6 is 0 Å². The van der Waals surface area contributed by atoms with Gasteiger partial charge in [-0.25, -0.2) is 0 Å². The Hall–Kier alpha value is -1.31. The van der Waals surface area contributed by atoms with Crippen molar-refractivity contribution in [2.45, 2.75) is 20.3 Å². The van der Waals surface area contributed by atoms with E-state index in [9.17, 15) is 0 Å². The summed E-state index contributed by atoms with van der Waals surface area (Å²) in [4.78, 5) is 4.10. The molecule has 0 bridgehead atoms. The molecule has 1 N–H and O–H groups in total. The van der Waals surface area contributed by atoms with Gasteiger partial charge in [-0.3, -0.25) is 4.98 Å². The van der Waals surface area contributed by atoms with Crippen LogP contribution in [-0.4, -0.2) is 12.0 Å². The predicted molar refractivity (Wildman–Crippen MR) is 62.3 cm³/mol. The van der Waals surface area contributed by atoms with Gasteiger partial charge in [0.15, 0.2) is 0 Å². The number of pyridine rings is 1. The first-order valence-electron chi connectivity index (χ1n) is 5.02. The molecule has 0 radical (unpaired) electrons. The predicted octanol–water partition coefficient (Wildman–Crippen LogP) is 3.18. The normalized spacial score (nSPS) is 11.1. The Morgan fingerprint density at radius 3 is 2.93 bits per heavy atom. The van der Waals surface area contributed by atoms with Gasteiger partial charge in [0, 0.05) is 30.7 Å². The third-order valence-electron chi connectivity index (χ3n) is 2.03. The number of aromatic nitrogens is 1. The molecule has 0 amide bonds. The van der Waals surface area contributed by atoms with Gasteiger partial charge >= 0.3 is 0 Å². The van der Waals surface area contributed by atoms with E-state index < -0.39 is 0 Å². The minimum atomic E-state index is 0.709. The molecule has 1 aromatic rings. The van der Waals surface area contributed by atoms with E-state index in [1.54, 1.807) is 6.20 Å². The van der Waals surface area contributed by atoms with Crippen molar-refractivity contribution in [3.63, 3.8) is 0 Å². The van der Waals surface area contributed by atoms with Gasteiger partial charge in [-0.15, -0.1) is 0 Å². The van der Waals surface area contributed by atoms with E-state index in [-0.39, 0.29) is 0 Å². The van der Waals surface area contributed by atoms with E-state index in [2.05, 4.69) is 36.3 Å². The fraction of sp³-hybridized carbons (Fsp3) is 0.417. The zero-order valence-corrected chi connectivity index (χ0v) is 9.12. The molecule has 1 rings (SSSR count). The molecular weight excluding hydrogens is 172 g/mol. The van der Waals surface area contributed by atoms with Crippen LogP contribution in [0.25, 0.3) is 6.08 Å². The highest BCUT2D eigenvalue weighted by molar-refractivity contribution is 5.65. The summed E-state index contributed by atoms with van der Waals surface area (Å²) in [5, 5.41) is 3.14. The van der Waals surface area contributed by atoms with Crippen molar-refractivity contribution in [2.75, 3.05) is 12.4 Å². The first-order valence-corrected chi connectivity index (χ1v) is 5.02. The van der Waals surface area contributed by atoms with Gasteiger partial charge in [-0.1, -0.05) is 26.0 Å². The highest BCUT2D eigenvalue weighted by Crippen LogP contribution is 2.15. The molecule has 0 aromatic carbocycles. The second-order valence-corrected chi connectivity index (χ2v) is 3.74. The molecule has 76 valence electrons. The lowest BCUT2D eigenvalue weighted by molar-refractivity contribution is 0.665. The quantitative estimate of drug-likeness (QED) is 0.788. The van der Waals surface area contributed by atoms with Crippen LogP contribution in [0.4, 0.5) is 5.69 Å². The molecule has 0 saturated carbocycles.